The molecule has 6 heteroatoms. The predicted molar refractivity (Wildman–Crippen MR) is 82.7 cm³/mol. The molecule has 0 fully saturated rings. The normalized spacial score (nSPS) is 12.2. The first-order chi connectivity index (χ1) is 9.55. The van der Waals surface area contributed by atoms with Crippen molar-refractivity contribution in [3.8, 4) is 0 Å². The number of nitrogens with zero attached hydrogens (tertiary/aromatic N) is 2. The Labute approximate surface area is 125 Å². The van der Waals surface area contributed by atoms with Gasteiger partial charge in [-0.05, 0) is 26.3 Å². The summed E-state index contributed by atoms with van der Waals surface area (Å²) >= 11 is 1.36. The standard InChI is InChI=1S/C14H24N4OS/c1-4-5-6-12(8-15)18-13(19)9-20-14-16-10(2)7-11(3)17-14/h7,12H,4-6,8-9,15H2,1-3H3,(H,18,19). The highest BCUT2D eigenvalue weighted by Crippen LogP contribution is 2.13. The second kappa shape index (κ2) is 8.92. The number of nitrogens with two attached hydrogens (primary N) is 1. The van der Waals surface area contributed by atoms with Crippen LogP contribution < -0.4 is 11.1 Å². The van der Waals surface area contributed by atoms with E-state index >= 15 is 0 Å². The van der Waals surface area contributed by atoms with E-state index in [1.54, 1.807) is 0 Å². The second-order valence-corrected chi connectivity index (χ2v) is 5.81. The minimum atomic E-state index is -0.00990. The number of hydrogen-bond acceptors (Lipinski definition) is 5. The molecule has 112 valence electrons. The molecule has 0 bridgehead atoms. The zero-order valence-electron chi connectivity index (χ0n) is 12.5. The molecule has 0 saturated heterocycles. The molecule has 1 unspecified atom stereocenters. The minimum absolute atomic E-state index is 0.00990. The van der Waals surface area contributed by atoms with Gasteiger partial charge in [0.15, 0.2) is 5.16 Å². The number of carbonyl (C=O) groups excluding carboxylic acids is 1. The Morgan fingerprint density at radius 3 is 2.60 bits per heavy atom. The van der Waals surface area contributed by atoms with Crippen molar-refractivity contribution in [3.05, 3.63) is 17.5 Å². The average molecular weight is 296 g/mol. The number of rotatable bonds is 8. The molecule has 0 saturated carbocycles. The van der Waals surface area contributed by atoms with Gasteiger partial charge in [0.1, 0.15) is 0 Å². The minimum Gasteiger partial charge on any atom is -0.351 e. The molecule has 0 aliphatic rings. The maximum atomic E-state index is 11.9. The summed E-state index contributed by atoms with van der Waals surface area (Å²) in [4.78, 5) is 20.5. The van der Waals surface area contributed by atoms with Crippen molar-refractivity contribution in [2.45, 2.75) is 51.2 Å². The van der Waals surface area contributed by atoms with Crippen molar-refractivity contribution in [2.24, 2.45) is 5.73 Å². The Bertz CT molecular complexity index is 419. The van der Waals surface area contributed by atoms with Crippen LogP contribution in [0, 0.1) is 13.8 Å². The van der Waals surface area contributed by atoms with Gasteiger partial charge in [-0.1, -0.05) is 31.5 Å². The Kier molecular flexibility index (Phi) is 7.54. The van der Waals surface area contributed by atoms with Crippen LogP contribution in [-0.4, -0.2) is 34.2 Å². The zero-order chi connectivity index (χ0) is 15.0. The number of aryl methyl sites for hydroxylation is 2. The van der Waals surface area contributed by atoms with Gasteiger partial charge in [-0.25, -0.2) is 9.97 Å². The van der Waals surface area contributed by atoms with Gasteiger partial charge in [-0.3, -0.25) is 4.79 Å². The fraction of sp³-hybridized carbons (Fsp3) is 0.643. The Morgan fingerprint density at radius 1 is 1.40 bits per heavy atom. The number of aromatic nitrogens is 2. The van der Waals surface area contributed by atoms with E-state index in [1.165, 1.54) is 11.8 Å². The first-order valence-electron chi connectivity index (χ1n) is 6.99. The molecule has 0 spiro atoms. The smallest absolute Gasteiger partial charge is 0.230 e. The summed E-state index contributed by atoms with van der Waals surface area (Å²) in [7, 11) is 0. The van der Waals surface area contributed by atoms with Gasteiger partial charge >= 0.3 is 0 Å². The highest BCUT2D eigenvalue weighted by Gasteiger charge is 2.11. The van der Waals surface area contributed by atoms with E-state index in [-0.39, 0.29) is 11.9 Å². The van der Waals surface area contributed by atoms with Gasteiger partial charge in [0.2, 0.25) is 5.91 Å². The van der Waals surface area contributed by atoms with Gasteiger partial charge in [-0.15, -0.1) is 0 Å². The van der Waals surface area contributed by atoms with Crippen LogP contribution in [0.4, 0.5) is 0 Å². The van der Waals surface area contributed by atoms with Gasteiger partial charge in [0.25, 0.3) is 0 Å². The molecule has 1 aromatic heterocycles. The fourth-order valence-electron chi connectivity index (χ4n) is 1.86. The number of hydrogen-bond donors (Lipinski definition) is 2. The SMILES string of the molecule is CCCCC(CN)NC(=O)CSc1nc(C)cc(C)n1. The van der Waals surface area contributed by atoms with Crippen LogP contribution in [0.3, 0.4) is 0 Å². The summed E-state index contributed by atoms with van der Waals surface area (Å²) < 4.78 is 0. The molecule has 3 N–H and O–H groups in total. The molecule has 1 aromatic rings. The van der Waals surface area contributed by atoms with E-state index < -0.39 is 0 Å². The lowest BCUT2D eigenvalue weighted by molar-refractivity contribution is -0.119. The first-order valence-corrected chi connectivity index (χ1v) is 7.98. The van der Waals surface area contributed by atoms with Gasteiger partial charge in [0.05, 0.1) is 5.75 Å². The van der Waals surface area contributed by atoms with Crippen molar-refractivity contribution in [1.82, 2.24) is 15.3 Å². The van der Waals surface area contributed by atoms with E-state index in [9.17, 15) is 4.79 Å². The lowest BCUT2D eigenvalue weighted by Gasteiger charge is -2.16. The lowest BCUT2D eigenvalue weighted by atomic mass is 10.1. The van der Waals surface area contributed by atoms with Gasteiger partial charge in [-0.2, -0.15) is 0 Å². The molecule has 0 radical (unpaired) electrons. The molecule has 1 atom stereocenters. The van der Waals surface area contributed by atoms with Crippen molar-refractivity contribution < 1.29 is 4.79 Å². The fourth-order valence-corrected chi connectivity index (χ4v) is 2.62. The van der Waals surface area contributed by atoms with Crippen molar-refractivity contribution in [3.63, 3.8) is 0 Å². The van der Waals surface area contributed by atoms with Gasteiger partial charge < -0.3 is 11.1 Å². The number of thioether (sulfide) groups is 1. The Balaban J connectivity index is 2.42. The monoisotopic (exact) mass is 296 g/mol. The molecule has 0 aliphatic carbocycles. The van der Waals surface area contributed by atoms with Crippen LogP contribution in [0.15, 0.2) is 11.2 Å². The van der Waals surface area contributed by atoms with E-state index in [0.29, 0.717) is 17.5 Å². The van der Waals surface area contributed by atoms with Gasteiger partial charge in [0, 0.05) is 24.0 Å². The summed E-state index contributed by atoms with van der Waals surface area (Å²) in [6.45, 7) is 6.46. The molecular formula is C14H24N4OS. The quantitative estimate of drug-likeness (QED) is 0.565. The Morgan fingerprint density at radius 2 is 2.05 bits per heavy atom. The number of carbonyl (C=O) groups is 1. The van der Waals surface area contributed by atoms with E-state index in [2.05, 4.69) is 22.2 Å². The first kappa shape index (κ1) is 16.9. The number of amides is 1. The highest BCUT2D eigenvalue weighted by molar-refractivity contribution is 7.99. The molecule has 0 aromatic carbocycles. The van der Waals surface area contributed by atoms with Crippen LogP contribution >= 0.6 is 11.8 Å². The third kappa shape index (κ3) is 6.34. The summed E-state index contributed by atoms with van der Waals surface area (Å²) in [5.41, 5.74) is 7.50. The summed E-state index contributed by atoms with van der Waals surface area (Å²) in [6, 6.07) is 1.99. The van der Waals surface area contributed by atoms with Crippen LogP contribution in [0.2, 0.25) is 0 Å². The van der Waals surface area contributed by atoms with Crippen molar-refractivity contribution >= 4 is 17.7 Å². The number of unbranched alkanes of at least 4 members (excludes halogenated alkanes) is 1. The maximum Gasteiger partial charge on any atom is 0.230 e. The Hall–Kier alpha value is -1.14. The molecule has 1 rings (SSSR count). The molecular weight excluding hydrogens is 272 g/mol. The summed E-state index contributed by atoms with van der Waals surface area (Å²) in [6.07, 6.45) is 3.12. The van der Waals surface area contributed by atoms with Crippen LogP contribution in [0.1, 0.15) is 37.6 Å². The van der Waals surface area contributed by atoms with Crippen LogP contribution in [-0.2, 0) is 4.79 Å². The summed E-state index contributed by atoms with van der Waals surface area (Å²) in [5, 5.41) is 3.61. The molecule has 0 aliphatic heterocycles. The molecule has 5 nitrogen and oxygen atoms in total. The number of nitrogens with one attached hydrogen (secondary N) is 1. The second-order valence-electron chi connectivity index (χ2n) is 4.86. The van der Waals surface area contributed by atoms with Crippen molar-refractivity contribution in [1.29, 1.82) is 0 Å². The lowest BCUT2D eigenvalue weighted by Crippen LogP contribution is -2.41. The zero-order valence-corrected chi connectivity index (χ0v) is 13.3. The molecule has 20 heavy (non-hydrogen) atoms. The third-order valence-corrected chi connectivity index (χ3v) is 3.70. The summed E-state index contributed by atoms with van der Waals surface area (Å²) in [5.74, 6) is 0.315. The van der Waals surface area contributed by atoms with Crippen LogP contribution in [0.5, 0.6) is 0 Å². The molecule has 1 amide bonds. The van der Waals surface area contributed by atoms with E-state index in [1.807, 2.05) is 19.9 Å². The largest absolute Gasteiger partial charge is 0.351 e. The average Bonchev–Trinajstić information content (AvgIpc) is 2.40. The van der Waals surface area contributed by atoms with Crippen LogP contribution in [0.25, 0.3) is 0 Å². The van der Waals surface area contributed by atoms with E-state index in [4.69, 9.17) is 5.73 Å². The maximum absolute atomic E-state index is 11.9. The highest BCUT2D eigenvalue weighted by atomic mass is 32.2. The predicted octanol–water partition coefficient (Wildman–Crippen LogP) is 1.82. The molecule has 1 heterocycles. The van der Waals surface area contributed by atoms with Crippen molar-refractivity contribution in [2.75, 3.05) is 12.3 Å². The van der Waals surface area contributed by atoms with E-state index in [0.717, 1.165) is 30.7 Å². The third-order valence-electron chi connectivity index (χ3n) is 2.85. The topological polar surface area (TPSA) is 80.9 Å².